The van der Waals surface area contributed by atoms with E-state index in [1.54, 1.807) is 13.3 Å². The maximum absolute atomic E-state index is 12.3. The van der Waals surface area contributed by atoms with E-state index in [1.165, 1.54) is 17.1 Å². The van der Waals surface area contributed by atoms with E-state index in [4.69, 9.17) is 10.5 Å². The van der Waals surface area contributed by atoms with Crippen molar-refractivity contribution in [2.45, 2.75) is 26.8 Å². The molecule has 0 fully saturated rings. The van der Waals surface area contributed by atoms with Crippen molar-refractivity contribution in [1.82, 2.24) is 10.1 Å². The summed E-state index contributed by atoms with van der Waals surface area (Å²) in [5, 5.41) is 10.6. The van der Waals surface area contributed by atoms with E-state index in [1.807, 2.05) is 13.8 Å². The van der Waals surface area contributed by atoms with E-state index in [-0.39, 0.29) is 12.2 Å². The molecule has 0 spiro atoms. The second-order valence-corrected chi connectivity index (χ2v) is 7.00. The first kappa shape index (κ1) is 16.8. The Bertz CT molecular complexity index is 947. The highest BCUT2D eigenvalue weighted by molar-refractivity contribution is 7.98. The third-order valence-corrected chi connectivity index (χ3v) is 5.34. The number of nitrogens with two attached hydrogens (primary N) is 1. The average molecular weight is 370 g/mol. The Morgan fingerprint density at radius 1 is 1.35 bits per heavy atom. The molecule has 1 aromatic heterocycles. The van der Waals surface area contributed by atoms with Gasteiger partial charge >= 0.3 is 0 Å². The lowest BCUT2D eigenvalue weighted by Crippen LogP contribution is -2.33. The number of aryl methyl sites for hydroxylation is 1. The Balaban J connectivity index is 1.73. The number of hydrogen-bond acceptors (Lipinski definition) is 9. The topological polar surface area (TPSA) is 106 Å². The number of carbonyl (C=O) groups excluding carboxylic acids is 1. The fraction of sp³-hybridized carbons (Fsp3) is 0.353. The first-order chi connectivity index (χ1) is 12.5. The fourth-order valence-electron chi connectivity index (χ4n) is 3.33. The van der Waals surface area contributed by atoms with E-state index >= 15 is 0 Å². The van der Waals surface area contributed by atoms with Crippen LogP contribution in [0.15, 0.2) is 31.9 Å². The van der Waals surface area contributed by atoms with Crippen molar-refractivity contribution in [3.63, 3.8) is 0 Å². The minimum atomic E-state index is 0.0667. The highest BCUT2D eigenvalue weighted by Crippen LogP contribution is 2.32. The second-order valence-electron chi connectivity index (χ2n) is 6.28. The predicted molar refractivity (Wildman–Crippen MR) is 101 cm³/mol. The van der Waals surface area contributed by atoms with Crippen LogP contribution in [-0.2, 0) is 11.3 Å². The molecule has 0 saturated carbocycles. The van der Waals surface area contributed by atoms with Gasteiger partial charge in [0, 0.05) is 34.2 Å². The van der Waals surface area contributed by atoms with Crippen LogP contribution in [-0.4, -0.2) is 46.0 Å². The number of Topliss-reactive ketones (excluding diaryl/α,β-unsaturated/α-hetero) is 1. The molecule has 2 N–H and O–H groups in total. The Morgan fingerprint density at radius 2 is 2.15 bits per heavy atom. The number of amidine groups is 1. The van der Waals surface area contributed by atoms with E-state index in [2.05, 4.69) is 19.6 Å². The summed E-state index contributed by atoms with van der Waals surface area (Å²) in [6, 6.07) is 0. The normalized spacial score (nSPS) is 19.0. The molecular formula is C17H18N6O2S. The molecule has 8 nitrogen and oxygen atoms in total. The molecule has 0 amide bonds. The van der Waals surface area contributed by atoms with Crippen molar-refractivity contribution >= 4 is 35.0 Å². The van der Waals surface area contributed by atoms with E-state index < -0.39 is 0 Å². The summed E-state index contributed by atoms with van der Waals surface area (Å²) < 4.78 is 9.69. The highest BCUT2D eigenvalue weighted by atomic mass is 32.2. The maximum atomic E-state index is 12.3. The molecular weight excluding hydrogens is 352 g/mol. The van der Waals surface area contributed by atoms with Gasteiger partial charge in [-0.2, -0.15) is 19.7 Å². The molecule has 3 heterocycles. The summed E-state index contributed by atoms with van der Waals surface area (Å²) in [4.78, 5) is 16.8. The lowest BCUT2D eigenvalue weighted by molar-refractivity contribution is -0.114. The van der Waals surface area contributed by atoms with E-state index in [9.17, 15) is 4.79 Å². The Labute approximate surface area is 155 Å². The molecule has 4 rings (SSSR count). The maximum Gasteiger partial charge on any atom is 0.166 e. The zero-order valence-electron chi connectivity index (χ0n) is 14.7. The van der Waals surface area contributed by atoms with Gasteiger partial charge in [-0.3, -0.25) is 9.78 Å². The van der Waals surface area contributed by atoms with Crippen LogP contribution in [0.5, 0.6) is 5.75 Å². The molecule has 1 aromatic rings. The largest absolute Gasteiger partial charge is 0.496 e. The van der Waals surface area contributed by atoms with Crippen molar-refractivity contribution < 1.29 is 9.53 Å². The van der Waals surface area contributed by atoms with Gasteiger partial charge in [-0.25, -0.2) is 0 Å². The van der Waals surface area contributed by atoms with Crippen LogP contribution < -0.4 is 10.5 Å². The smallest absolute Gasteiger partial charge is 0.166 e. The summed E-state index contributed by atoms with van der Waals surface area (Å²) in [5.74, 6) is 1.69. The number of pyridine rings is 1. The van der Waals surface area contributed by atoms with Gasteiger partial charge in [0.15, 0.2) is 11.6 Å². The Hall–Kier alpha value is -2.68. The minimum Gasteiger partial charge on any atom is -0.496 e. The zero-order chi connectivity index (χ0) is 18.4. The number of ether oxygens (including phenoxy) is 1. The molecule has 0 unspecified atom stereocenters. The average Bonchev–Trinajstić information content (AvgIpc) is 2.81. The number of carbonyl (C=O) groups is 1. The lowest BCUT2D eigenvalue weighted by Gasteiger charge is -2.22. The lowest BCUT2D eigenvalue weighted by atomic mass is 10.0. The summed E-state index contributed by atoms with van der Waals surface area (Å²) in [7, 11) is 1.64. The molecule has 1 aliphatic carbocycles. The molecule has 0 atom stereocenters. The van der Waals surface area contributed by atoms with Crippen LogP contribution in [0.1, 0.15) is 23.2 Å². The van der Waals surface area contributed by atoms with Gasteiger partial charge in [0.05, 0.1) is 24.9 Å². The standard InChI is InChI=1S/C17H18N6O2S/c1-8-5-19-12(9(2)16(8)25-3)6-23-20-11-4-13(24)10-7-26-22-17(18)15(21-23)14(10)11/h5H,4,6-7H2,1-3H3,(H2,18,22). The van der Waals surface area contributed by atoms with Gasteiger partial charge in [-0.1, -0.05) is 0 Å². The molecule has 134 valence electrons. The Kier molecular flexibility index (Phi) is 4.03. The van der Waals surface area contributed by atoms with E-state index in [0.717, 1.165) is 28.1 Å². The van der Waals surface area contributed by atoms with Crippen LogP contribution in [0.4, 0.5) is 0 Å². The van der Waals surface area contributed by atoms with Crippen molar-refractivity contribution in [3.05, 3.63) is 34.2 Å². The number of rotatable bonds is 3. The fourth-order valence-corrected chi connectivity index (χ4v) is 4.05. The molecule has 3 aliphatic rings. The SMILES string of the molecule is COc1c(C)cnc(CN2N=C3CC(=O)C4=C3C(=N2)C(N)=NSC4)c1C. The third-order valence-electron chi connectivity index (χ3n) is 4.60. The summed E-state index contributed by atoms with van der Waals surface area (Å²) in [6.07, 6.45) is 2.05. The first-order valence-corrected chi connectivity index (χ1v) is 9.09. The number of nitrogens with zero attached hydrogens (tertiary/aromatic N) is 5. The summed E-state index contributed by atoms with van der Waals surface area (Å²) >= 11 is 1.27. The zero-order valence-corrected chi connectivity index (χ0v) is 15.6. The summed E-state index contributed by atoms with van der Waals surface area (Å²) in [6.45, 7) is 4.26. The number of ketones is 1. The highest BCUT2D eigenvalue weighted by Gasteiger charge is 2.37. The number of aromatic nitrogens is 1. The molecule has 2 aliphatic heterocycles. The molecule has 0 bridgehead atoms. The number of hydrogen-bond donors (Lipinski definition) is 1. The second kappa shape index (κ2) is 6.24. The minimum absolute atomic E-state index is 0.0667. The third kappa shape index (κ3) is 2.59. The van der Waals surface area contributed by atoms with Crippen LogP contribution >= 0.6 is 11.9 Å². The predicted octanol–water partition coefficient (Wildman–Crippen LogP) is 1.52. The van der Waals surface area contributed by atoms with Gasteiger partial charge in [0.25, 0.3) is 0 Å². The van der Waals surface area contributed by atoms with Crippen molar-refractivity contribution in [2.24, 2.45) is 20.3 Å². The van der Waals surface area contributed by atoms with Crippen LogP contribution in [0.25, 0.3) is 0 Å². The van der Waals surface area contributed by atoms with Crippen LogP contribution in [0, 0.1) is 13.8 Å². The van der Waals surface area contributed by atoms with Crippen molar-refractivity contribution in [1.29, 1.82) is 0 Å². The van der Waals surface area contributed by atoms with Gasteiger partial charge in [-0.05, 0) is 25.8 Å². The monoisotopic (exact) mass is 370 g/mol. The summed E-state index contributed by atoms with van der Waals surface area (Å²) in [5.41, 5.74) is 11.5. The molecule has 0 aromatic carbocycles. The quantitative estimate of drug-likeness (QED) is 0.809. The number of hydrazone groups is 2. The van der Waals surface area contributed by atoms with E-state index in [0.29, 0.717) is 35.1 Å². The van der Waals surface area contributed by atoms with Gasteiger partial charge in [-0.15, -0.1) is 0 Å². The van der Waals surface area contributed by atoms with Gasteiger partial charge in [0.1, 0.15) is 18.0 Å². The van der Waals surface area contributed by atoms with Gasteiger partial charge < -0.3 is 10.5 Å². The number of methoxy groups -OCH3 is 1. The van der Waals surface area contributed by atoms with Crippen molar-refractivity contribution in [2.75, 3.05) is 12.9 Å². The van der Waals surface area contributed by atoms with Crippen LogP contribution in [0.3, 0.4) is 0 Å². The molecule has 0 radical (unpaired) electrons. The first-order valence-electron chi connectivity index (χ1n) is 8.15. The van der Waals surface area contributed by atoms with Crippen molar-refractivity contribution in [3.8, 4) is 5.75 Å². The van der Waals surface area contributed by atoms with Gasteiger partial charge in [0.2, 0.25) is 0 Å². The Morgan fingerprint density at radius 3 is 2.92 bits per heavy atom. The van der Waals surface area contributed by atoms with Crippen LogP contribution in [0.2, 0.25) is 0 Å². The molecule has 0 saturated heterocycles. The molecule has 26 heavy (non-hydrogen) atoms. The molecule has 9 heteroatoms.